The molecule has 4 heteroatoms. The van der Waals surface area contributed by atoms with E-state index < -0.39 is 0 Å². The number of ether oxygens (including phenoxy) is 1. The highest BCUT2D eigenvalue weighted by molar-refractivity contribution is 7.59. The SMILES string of the molecule is COC(=O)[C@@H](C)CO.S. The van der Waals surface area contributed by atoms with Gasteiger partial charge in [0.25, 0.3) is 0 Å². The predicted octanol–water partition coefficient (Wildman–Crippen LogP) is -0.0994. The fourth-order valence-corrected chi connectivity index (χ4v) is 0.276. The van der Waals surface area contributed by atoms with Crippen molar-refractivity contribution >= 4 is 19.5 Å². The first-order valence-corrected chi connectivity index (χ1v) is 2.41. The number of carbonyl (C=O) groups excluding carboxylic acids is 1. The summed E-state index contributed by atoms with van der Waals surface area (Å²) in [6.07, 6.45) is 0. The van der Waals surface area contributed by atoms with E-state index >= 15 is 0 Å². The molecule has 0 bridgehead atoms. The summed E-state index contributed by atoms with van der Waals surface area (Å²) in [5.74, 6) is -0.757. The minimum Gasteiger partial charge on any atom is -0.469 e. The van der Waals surface area contributed by atoms with Crippen molar-refractivity contribution in [1.82, 2.24) is 0 Å². The molecule has 0 aromatic heterocycles. The van der Waals surface area contributed by atoms with E-state index in [-0.39, 0.29) is 32.0 Å². The molecule has 3 nitrogen and oxygen atoms in total. The zero-order valence-corrected chi connectivity index (χ0v) is 6.55. The monoisotopic (exact) mass is 152 g/mol. The van der Waals surface area contributed by atoms with Crippen LogP contribution in [-0.4, -0.2) is 24.8 Å². The van der Waals surface area contributed by atoms with Crippen LogP contribution in [0.3, 0.4) is 0 Å². The van der Waals surface area contributed by atoms with E-state index in [0.29, 0.717) is 0 Å². The van der Waals surface area contributed by atoms with E-state index in [9.17, 15) is 4.79 Å². The summed E-state index contributed by atoms with van der Waals surface area (Å²) in [6.45, 7) is 1.46. The van der Waals surface area contributed by atoms with Crippen LogP contribution in [0.5, 0.6) is 0 Å². The second kappa shape index (κ2) is 5.91. The van der Waals surface area contributed by atoms with Gasteiger partial charge < -0.3 is 9.84 Å². The van der Waals surface area contributed by atoms with Gasteiger partial charge in [0.2, 0.25) is 0 Å². The first kappa shape index (κ1) is 11.6. The quantitative estimate of drug-likeness (QED) is 0.562. The third-order valence-electron chi connectivity index (χ3n) is 0.877. The average molecular weight is 152 g/mol. The number of hydrogen-bond acceptors (Lipinski definition) is 3. The van der Waals surface area contributed by atoms with Crippen LogP contribution in [0.15, 0.2) is 0 Å². The first-order valence-electron chi connectivity index (χ1n) is 2.41. The molecule has 56 valence electrons. The smallest absolute Gasteiger partial charge is 0.310 e. The molecule has 0 rings (SSSR count). The summed E-state index contributed by atoms with van der Waals surface area (Å²) >= 11 is 0. The van der Waals surface area contributed by atoms with Gasteiger partial charge in [-0.25, -0.2) is 0 Å². The lowest BCUT2D eigenvalue weighted by Crippen LogP contribution is -2.15. The average Bonchev–Trinajstić information content (AvgIpc) is 1.84. The zero-order chi connectivity index (χ0) is 6.57. The standard InChI is InChI=1S/C5H10O3.H2S/c1-4(3-6)5(7)8-2;/h4,6H,3H2,1-2H3;1H2/t4-;/m0./s1. The van der Waals surface area contributed by atoms with Crippen molar-refractivity contribution in [2.45, 2.75) is 6.92 Å². The van der Waals surface area contributed by atoms with Gasteiger partial charge in [0.1, 0.15) is 0 Å². The van der Waals surface area contributed by atoms with Gasteiger partial charge in [-0.1, -0.05) is 0 Å². The van der Waals surface area contributed by atoms with Gasteiger partial charge >= 0.3 is 5.97 Å². The Bertz CT molecular complexity index is 84.3. The minimum atomic E-state index is -0.389. The fraction of sp³-hybridized carbons (Fsp3) is 0.800. The van der Waals surface area contributed by atoms with Crippen LogP contribution >= 0.6 is 13.5 Å². The van der Waals surface area contributed by atoms with Gasteiger partial charge in [0.05, 0.1) is 19.6 Å². The van der Waals surface area contributed by atoms with Crippen molar-refractivity contribution in [3.05, 3.63) is 0 Å². The van der Waals surface area contributed by atoms with E-state index in [4.69, 9.17) is 5.11 Å². The van der Waals surface area contributed by atoms with Gasteiger partial charge in [0.15, 0.2) is 0 Å². The summed E-state index contributed by atoms with van der Waals surface area (Å²) in [6, 6.07) is 0. The second-order valence-corrected chi connectivity index (χ2v) is 1.61. The lowest BCUT2D eigenvalue weighted by molar-refractivity contribution is -0.146. The number of methoxy groups -OCH3 is 1. The Morgan fingerprint density at radius 2 is 2.22 bits per heavy atom. The Kier molecular flexibility index (Phi) is 7.59. The van der Waals surface area contributed by atoms with E-state index in [1.165, 1.54) is 7.11 Å². The fourth-order valence-electron chi connectivity index (χ4n) is 0.276. The first-order chi connectivity index (χ1) is 3.72. The molecule has 0 fully saturated rings. The molecule has 0 saturated carbocycles. The number of carbonyl (C=O) groups is 1. The van der Waals surface area contributed by atoms with Crippen LogP contribution in [0.1, 0.15) is 6.92 Å². The van der Waals surface area contributed by atoms with Crippen molar-refractivity contribution < 1.29 is 14.6 Å². The molecule has 0 spiro atoms. The number of rotatable bonds is 2. The highest BCUT2D eigenvalue weighted by atomic mass is 32.1. The molecule has 0 aromatic carbocycles. The predicted molar refractivity (Wildman–Crippen MR) is 38.6 cm³/mol. The third kappa shape index (κ3) is 4.29. The number of aliphatic hydroxyl groups excluding tert-OH is 1. The van der Waals surface area contributed by atoms with Crippen LogP contribution in [0.2, 0.25) is 0 Å². The van der Waals surface area contributed by atoms with Crippen molar-refractivity contribution in [3.8, 4) is 0 Å². The van der Waals surface area contributed by atoms with Crippen LogP contribution < -0.4 is 0 Å². The van der Waals surface area contributed by atoms with Crippen molar-refractivity contribution in [2.75, 3.05) is 13.7 Å². The maximum Gasteiger partial charge on any atom is 0.310 e. The molecule has 0 saturated heterocycles. The Labute approximate surface area is 61.5 Å². The molecule has 0 amide bonds. The van der Waals surface area contributed by atoms with Crippen molar-refractivity contribution in [1.29, 1.82) is 0 Å². The van der Waals surface area contributed by atoms with E-state index in [2.05, 4.69) is 4.74 Å². The zero-order valence-electron chi connectivity index (χ0n) is 5.55. The topological polar surface area (TPSA) is 46.5 Å². The second-order valence-electron chi connectivity index (χ2n) is 1.61. The molecule has 1 N–H and O–H groups in total. The normalized spacial score (nSPS) is 11.4. The molecule has 9 heavy (non-hydrogen) atoms. The molecule has 0 heterocycles. The van der Waals surface area contributed by atoms with E-state index in [1.54, 1.807) is 6.92 Å². The Morgan fingerprint density at radius 1 is 1.78 bits per heavy atom. The summed E-state index contributed by atoms with van der Waals surface area (Å²) in [7, 11) is 1.30. The molecule has 0 aliphatic rings. The van der Waals surface area contributed by atoms with Crippen LogP contribution in [-0.2, 0) is 9.53 Å². The van der Waals surface area contributed by atoms with Gasteiger partial charge in [0, 0.05) is 0 Å². The maximum absolute atomic E-state index is 10.4. The van der Waals surface area contributed by atoms with Crippen molar-refractivity contribution in [3.63, 3.8) is 0 Å². The molecular formula is C5H12O3S. The van der Waals surface area contributed by atoms with Crippen LogP contribution in [0.25, 0.3) is 0 Å². The lowest BCUT2D eigenvalue weighted by atomic mass is 10.2. The number of esters is 1. The number of aliphatic hydroxyl groups is 1. The highest BCUT2D eigenvalue weighted by Gasteiger charge is 2.09. The lowest BCUT2D eigenvalue weighted by Gasteiger charge is -2.02. The highest BCUT2D eigenvalue weighted by Crippen LogP contribution is 1.93. The summed E-state index contributed by atoms with van der Waals surface area (Å²) in [4.78, 5) is 10.4. The summed E-state index contributed by atoms with van der Waals surface area (Å²) in [5.41, 5.74) is 0. The molecule has 0 aromatic rings. The van der Waals surface area contributed by atoms with Gasteiger partial charge in [-0.15, -0.1) is 0 Å². The summed E-state index contributed by atoms with van der Waals surface area (Å²) < 4.78 is 4.30. The molecule has 0 aliphatic carbocycles. The van der Waals surface area contributed by atoms with Crippen LogP contribution in [0, 0.1) is 5.92 Å². The Balaban J connectivity index is 0. The Hall–Kier alpha value is -0.220. The largest absolute Gasteiger partial charge is 0.469 e. The Morgan fingerprint density at radius 3 is 2.33 bits per heavy atom. The maximum atomic E-state index is 10.4. The van der Waals surface area contributed by atoms with Gasteiger partial charge in [-0.05, 0) is 6.92 Å². The van der Waals surface area contributed by atoms with Gasteiger partial charge in [-0.3, -0.25) is 4.79 Å². The molecule has 1 atom stereocenters. The van der Waals surface area contributed by atoms with E-state index in [0.717, 1.165) is 0 Å². The third-order valence-corrected chi connectivity index (χ3v) is 0.877. The van der Waals surface area contributed by atoms with Gasteiger partial charge in [-0.2, -0.15) is 13.5 Å². The van der Waals surface area contributed by atoms with E-state index in [1.807, 2.05) is 0 Å². The van der Waals surface area contributed by atoms with Crippen LogP contribution in [0.4, 0.5) is 0 Å². The molecule has 0 radical (unpaired) electrons. The number of hydrogen-bond donors (Lipinski definition) is 1. The minimum absolute atomic E-state index is 0. The summed E-state index contributed by atoms with van der Waals surface area (Å²) in [5, 5.41) is 8.34. The molecule has 0 unspecified atom stereocenters. The molecule has 0 aliphatic heterocycles. The molecular weight excluding hydrogens is 140 g/mol. The van der Waals surface area contributed by atoms with Crippen molar-refractivity contribution in [2.24, 2.45) is 5.92 Å².